The molecule has 0 aliphatic heterocycles. The summed E-state index contributed by atoms with van der Waals surface area (Å²) in [4.78, 5) is 0. The number of rotatable bonds is 18. The maximum absolute atomic E-state index is 6.60. The summed E-state index contributed by atoms with van der Waals surface area (Å²) in [6.07, 6.45) is 38.0. The molecule has 0 heterocycles. The van der Waals surface area contributed by atoms with Gasteiger partial charge in [0, 0.05) is 11.1 Å². The minimum Gasteiger partial charge on any atom is -0.493 e. The van der Waals surface area contributed by atoms with Crippen molar-refractivity contribution >= 4 is 23.2 Å². The molecule has 1 aromatic carbocycles. The van der Waals surface area contributed by atoms with Crippen molar-refractivity contribution in [2.75, 3.05) is 13.2 Å². The Balaban J connectivity index is 0.698. The van der Waals surface area contributed by atoms with Crippen LogP contribution in [0.2, 0.25) is 0 Å². The molecule has 18 atom stereocenters. The number of fused-ring (bicyclic) bond motifs is 10. The van der Waals surface area contributed by atoms with E-state index < -0.39 is 0 Å². The van der Waals surface area contributed by atoms with Crippen LogP contribution in [0, 0.1) is 105 Å². The standard InChI is InChI=1S/C62H100Cl2O2/c1-41(15-13-17-43(3)51-25-27-53-49-23-21-47-19-9-11-31-59(47,5)55(49)29-33-61(51,53)7)39-65-57-35-46(38-64)58(36-45(57)37-63)66-40-42(2)16-14-18-44(4)52-26-28-54-50-24-22-48-20-10-12-32-60(48,6)56(50)30-34-62(52,54)8/h35-36,41-44,47-56H,9-34,37-40H2,1-8H3/t41?,42?,43-,44-,47?,48?,49+,50+,51-,52-,53+,54+,55+,56+,59+,60+,61-,62-/m1/s1. The van der Waals surface area contributed by atoms with E-state index in [1.165, 1.54) is 167 Å². The summed E-state index contributed by atoms with van der Waals surface area (Å²) < 4.78 is 13.1. The van der Waals surface area contributed by atoms with Gasteiger partial charge in [0.2, 0.25) is 0 Å². The molecule has 0 bridgehead atoms. The molecular weight excluding hydrogens is 848 g/mol. The smallest absolute Gasteiger partial charge is 0.124 e. The maximum atomic E-state index is 6.60. The molecule has 1 aromatic rings. The Morgan fingerprint density at radius 3 is 1.29 bits per heavy atom. The van der Waals surface area contributed by atoms with Gasteiger partial charge in [0.05, 0.1) is 25.0 Å². The van der Waals surface area contributed by atoms with Crippen molar-refractivity contribution in [2.24, 2.45) is 105 Å². The largest absolute Gasteiger partial charge is 0.493 e. The van der Waals surface area contributed by atoms with Gasteiger partial charge in [-0.05, 0) is 232 Å². The molecule has 374 valence electrons. The Morgan fingerprint density at radius 2 is 0.879 bits per heavy atom. The van der Waals surface area contributed by atoms with Crippen molar-refractivity contribution in [3.63, 3.8) is 0 Å². The van der Waals surface area contributed by atoms with Crippen LogP contribution in [0.4, 0.5) is 0 Å². The summed E-state index contributed by atoms with van der Waals surface area (Å²) in [6, 6.07) is 4.25. The molecule has 4 heteroatoms. The summed E-state index contributed by atoms with van der Waals surface area (Å²) in [5.74, 6) is 15.1. The van der Waals surface area contributed by atoms with Crippen LogP contribution in [0.3, 0.4) is 0 Å². The summed E-state index contributed by atoms with van der Waals surface area (Å²) >= 11 is 13.2. The SMILES string of the molecule is CC(CCC[C@@H](C)[C@H]1CC[C@H]2[C@@H]3CCC4CCCC[C@]4(C)[C@H]3CC[C@]12C)COc1cc(CCl)c(OCC(C)CCC[C@@H](C)[C@H]2CC[C@H]3[C@@H]4CCC5CCCC[C@]5(C)[C@H]4CC[C@]23C)cc1CCl. The first kappa shape index (κ1) is 50.3. The highest BCUT2D eigenvalue weighted by atomic mass is 35.5. The lowest BCUT2D eigenvalue weighted by molar-refractivity contribution is -0.114. The molecule has 4 unspecified atom stereocenters. The van der Waals surface area contributed by atoms with Crippen molar-refractivity contribution in [1.82, 2.24) is 0 Å². The van der Waals surface area contributed by atoms with Crippen LogP contribution in [-0.2, 0) is 11.8 Å². The Morgan fingerprint density at radius 1 is 0.470 bits per heavy atom. The van der Waals surface area contributed by atoms with E-state index in [9.17, 15) is 0 Å². The van der Waals surface area contributed by atoms with E-state index in [-0.39, 0.29) is 0 Å². The normalized spacial score (nSPS) is 42.4. The molecule has 66 heavy (non-hydrogen) atoms. The third-order valence-electron chi connectivity index (χ3n) is 24.0. The monoisotopic (exact) mass is 947 g/mol. The molecule has 0 spiro atoms. The van der Waals surface area contributed by atoms with Crippen molar-refractivity contribution in [3.8, 4) is 11.5 Å². The first-order valence-corrected chi connectivity index (χ1v) is 30.3. The molecule has 8 saturated carbocycles. The highest BCUT2D eigenvalue weighted by Gasteiger charge is 2.61. The molecule has 8 fully saturated rings. The molecule has 8 aliphatic rings. The second kappa shape index (κ2) is 20.9. The first-order valence-electron chi connectivity index (χ1n) is 29.3. The fourth-order valence-corrected chi connectivity index (χ4v) is 20.7. The van der Waals surface area contributed by atoms with Crippen molar-refractivity contribution in [1.29, 1.82) is 0 Å². The number of benzene rings is 1. The molecule has 0 saturated heterocycles. The third kappa shape index (κ3) is 9.48. The topological polar surface area (TPSA) is 18.5 Å². The second-order valence-electron chi connectivity index (χ2n) is 27.2. The van der Waals surface area contributed by atoms with E-state index in [0.29, 0.717) is 45.3 Å². The van der Waals surface area contributed by atoms with Gasteiger partial charge in [-0.15, -0.1) is 23.2 Å². The zero-order valence-electron chi connectivity index (χ0n) is 44.0. The van der Waals surface area contributed by atoms with Gasteiger partial charge in [-0.25, -0.2) is 0 Å². The summed E-state index contributed by atoms with van der Waals surface area (Å²) in [5.41, 5.74) is 4.48. The van der Waals surface area contributed by atoms with Crippen LogP contribution in [0.15, 0.2) is 12.1 Å². The van der Waals surface area contributed by atoms with Crippen LogP contribution in [0.25, 0.3) is 0 Å². The third-order valence-corrected chi connectivity index (χ3v) is 24.6. The Kier molecular flexibility index (Phi) is 15.9. The van der Waals surface area contributed by atoms with Gasteiger partial charge in [-0.1, -0.05) is 107 Å². The van der Waals surface area contributed by atoms with E-state index in [0.717, 1.165) is 107 Å². The number of halogens is 2. The second-order valence-corrected chi connectivity index (χ2v) is 27.8. The van der Waals surface area contributed by atoms with Gasteiger partial charge < -0.3 is 9.47 Å². The highest BCUT2D eigenvalue weighted by Crippen LogP contribution is 2.70. The molecule has 0 radical (unpaired) electrons. The van der Waals surface area contributed by atoms with Crippen LogP contribution < -0.4 is 9.47 Å². The number of hydrogen-bond acceptors (Lipinski definition) is 2. The minimum atomic E-state index is 0.415. The van der Waals surface area contributed by atoms with Crippen LogP contribution in [0.1, 0.15) is 233 Å². The highest BCUT2D eigenvalue weighted by molar-refractivity contribution is 6.18. The van der Waals surface area contributed by atoms with E-state index in [4.69, 9.17) is 32.7 Å². The van der Waals surface area contributed by atoms with Gasteiger partial charge in [0.15, 0.2) is 0 Å². The lowest BCUT2D eigenvalue weighted by Gasteiger charge is -2.61. The van der Waals surface area contributed by atoms with Gasteiger partial charge in [0.25, 0.3) is 0 Å². The summed E-state index contributed by atoms with van der Waals surface area (Å²) in [6.45, 7) is 22.4. The fourth-order valence-electron chi connectivity index (χ4n) is 20.3. The Hall–Kier alpha value is -0.600. The van der Waals surface area contributed by atoms with Gasteiger partial charge in [-0.3, -0.25) is 0 Å². The number of hydrogen-bond donors (Lipinski definition) is 0. The van der Waals surface area contributed by atoms with Crippen LogP contribution in [-0.4, -0.2) is 13.2 Å². The first-order chi connectivity index (χ1) is 31.7. The van der Waals surface area contributed by atoms with Gasteiger partial charge >= 0.3 is 0 Å². The lowest BCUT2D eigenvalue weighted by atomic mass is 9.44. The van der Waals surface area contributed by atoms with E-state index in [2.05, 4.69) is 67.5 Å². The Labute approximate surface area is 417 Å². The minimum absolute atomic E-state index is 0.415. The predicted octanol–water partition coefficient (Wildman–Crippen LogP) is 18.9. The Bertz CT molecular complexity index is 1630. The average molecular weight is 948 g/mol. The zero-order valence-corrected chi connectivity index (χ0v) is 45.5. The maximum Gasteiger partial charge on any atom is 0.124 e. The quantitative estimate of drug-likeness (QED) is 0.137. The van der Waals surface area contributed by atoms with Crippen molar-refractivity contribution < 1.29 is 9.47 Å². The molecule has 0 aromatic heterocycles. The lowest BCUT2D eigenvalue weighted by Crippen LogP contribution is -2.53. The van der Waals surface area contributed by atoms with Crippen LogP contribution >= 0.6 is 23.2 Å². The molecule has 2 nitrogen and oxygen atoms in total. The fraction of sp³-hybridized carbons (Fsp3) is 0.903. The summed E-state index contributed by atoms with van der Waals surface area (Å²) in [5, 5.41) is 0. The molecular formula is C62H100Cl2O2. The van der Waals surface area contributed by atoms with Crippen molar-refractivity contribution in [2.45, 2.75) is 234 Å². The summed E-state index contributed by atoms with van der Waals surface area (Å²) in [7, 11) is 0. The molecule has 8 aliphatic carbocycles. The molecule has 9 rings (SSSR count). The van der Waals surface area contributed by atoms with Gasteiger partial charge in [-0.2, -0.15) is 0 Å². The molecule has 0 N–H and O–H groups in total. The molecule has 0 amide bonds. The average Bonchev–Trinajstić information content (AvgIpc) is 3.86. The zero-order chi connectivity index (χ0) is 46.4. The van der Waals surface area contributed by atoms with Crippen LogP contribution in [0.5, 0.6) is 11.5 Å². The van der Waals surface area contributed by atoms with E-state index >= 15 is 0 Å². The number of ether oxygens (including phenoxy) is 2. The predicted molar refractivity (Wildman–Crippen MR) is 281 cm³/mol. The van der Waals surface area contributed by atoms with Crippen molar-refractivity contribution in [3.05, 3.63) is 23.3 Å². The van der Waals surface area contributed by atoms with Gasteiger partial charge in [0.1, 0.15) is 11.5 Å². The van der Waals surface area contributed by atoms with E-state index in [1.807, 2.05) is 0 Å². The number of alkyl halides is 2. The van der Waals surface area contributed by atoms with E-state index in [1.54, 1.807) is 0 Å².